The molecule has 0 aromatic heterocycles. The van der Waals surface area contributed by atoms with E-state index in [1.165, 1.54) is 19.2 Å². The van der Waals surface area contributed by atoms with Gasteiger partial charge in [-0.25, -0.2) is 4.83 Å². The maximum atomic E-state index is 12.5. The highest BCUT2D eigenvalue weighted by atomic mass is 32.2. The molecule has 1 spiro atoms. The van der Waals surface area contributed by atoms with Crippen LogP contribution in [0.25, 0.3) is 0 Å². The van der Waals surface area contributed by atoms with E-state index in [2.05, 4.69) is 9.93 Å². The van der Waals surface area contributed by atoms with Crippen molar-refractivity contribution in [1.82, 2.24) is 4.83 Å². The maximum Gasteiger partial charge on any atom is 0.314 e. The largest absolute Gasteiger partial charge is 0.469 e. The minimum Gasteiger partial charge on any atom is -0.469 e. The minimum atomic E-state index is -3.81. The molecule has 1 heterocycles. The molecule has 0 bridgehead atoms. The first-order chi connectivity index (χ1) is 13.3. The minimum absolute atomic E-state index is 0.0341. The number of carbonyl (C=O) groups is 1. The number of sulfonamides is 1. The lowest BCUT2D eigenvalue weighted by atomic mass is 9.91. The maximum absolute atomic E-state index is 12.5. The molecule has 1 aromatic carbocycles. The molecule has 2 aliphatic carbocycles. The number of hydrazone groups is 1. The fourth-order valence-corrected chi connectivity index (χ4v) is 5.43. The number of nitrogens with zero attached hydrogens (tertiary/aromatic N) is 1. The second kappa shape index (κ2) is 7.13. The number of carbonyl (C=O) groups excluding carboxylic acids is 1. The van der Waals surface area contributed by atoms with E-state index in [9.17, 15) is 13.2 Å². The van der Waals surface area contributed by atoms with Gasteiger partial charge < -0.3 is 14.2 Å². The standard InChI is InChI=1S/C19H24N2O6S/c1-12-3-5-14(6-4-12)28(23,24)21-20-16-9-13-10-19(26-7-8-27-19)11-15(13)17(16)18(22)25-2/h3-6,13,15,17,21H,7-11H2,1-2H3/b20-16+/t13-,15+,17-/m1/s1. The van der Waals surface area contributed by atoms with Crippen LogP contribution in [0, 0.1) is 24.7 Å². The van der Waals surface area contributed by atoms with Crippen LogP contribution in [0.3, 0.4) is 0 Å². The van der Waals surface area contributed by atoms with Gasteiger partial charge in [-0.1, -0.05) is 17.7 Å². The summed E-state index contributed by atoms with van der Waals surface area (Å²) in [7, 11) is -2.47. The third-order valence-corrected chi connectivity index (χ3v) is 7.12. The Morgan fingerprint density at radius 1 is 1.21 bits per heavy atom. The summed E-state index contributed by atoms with van der Waals surface area (Å²) in [5, 5.41) is 4.14. The van der Waals surface area contributed by atoms with Crippen molar-refractivity contribution in [3.05, 3.63) is 29.8 Å². The fourth-order valence-electron chi connectivity index (χ4n) is 4.59. The third kappa shape index (κ3) is 3.42. The van der Waals surface area contributed by atoms with Crippen LogP contribution in [0.1, 0.15) is 24.8 Å². The molecule has 1 aliphatic heterocycles. The van der Waals surface area contributed by atoms with Gasteiger partial charge in [-0.2, -0.15) is 13.5 Å². The Labute approximate surface area is 164 Å². The van der Waals surface area contributed by atoms with Gasteiger partial charge in [-0.3, -0.25) is 4.79 Å². The molecule has 28 heavy (non-hydrogen) atoms. The van der Waals surface area contributed by atoms with E-state index < -0.39 is 27.7 Å². The van der Waals surface area contributed by atoms with Crippen LogP contribution in [0.5, 0.6) is 0 Å². The number of rotatable bonds is 4. The molecule has 3 aliphatic rings. The second-order valence-electron chi connectivity index (χ2n) is 7.66. The SMILES string of the molecule is COC(=O)[C@H]1/C(=N/NS(=O)(=O)c2ccc(C)cc2)C[C@@H]2CC3(C[C@@H]21)OCCO3. The molecular formula is C19H24N2O6S. The van der Waals surface area contributed by atoms with Gasteiger partial charge in [0.2, 0.25) is 0 Å². The lowest BCUT2D eigenvalue weighted by molar-refractivity contribution is -0.157. The summed E-state index contributed by atoms with van der Waals surface area (Å²) < 4.78 is 41.6. The lowest BCUT2D eigenvalue weighted by Crippen LogP contribution is -2.33. The average Bonchev–Trinajstić information content (AvgIpc) is 3.35. The van der Waals surface area contributed by atoms with Crippen molar-refractivity contribution < 1.29 is 27.4 Å². The van der Waals surface area contributed by atoms with Crippen molar-refractivity contribution >= 4 is 21.7 Å². The van der Waals surface area contributed by atoms with Gasteiger partial charge in [0.05, 0.1) is 30.9 Å². The van der Waals surface area contributed by atoms with Gasteiger partial charge in [0.15, 0.2) is 5.79 Å². The summed E-state index contributed by atoms with van der Waals surface area (Å²) >= 11 is 0. The Kier molecular flexibility index (Phi) is 4.93. The smallest absolute Gasteiger partial charge is 0.314 e. The zero-order valence-electron chi connectivity index (χ0n) is 15.9. The summed E-state index contributed by atoms with van der Waals surface area (Å²) in [5.74, 6) is -1.51. The number of methoxy groups -OCH3 is 1. The van der Waals surface area contributed by atoms with Crippen LogP contribution >= 0.6 is 0 Å². The molecule has 1 saturated heterocycles. The lowest BCUT2D eigenvalue weighted by Gasteiger charge is -2.24. The van der Waals surface area contributed by atoms with Gasteiger partial charge in [0, 0.05) is 12.8 Å². The predicted molar refractivity (Wildman–Crippen MR) is 99.9 cm³/mol. The molecule has 2 saturated carbocycles. The number of esters is 1. The predicted octanol–water partition coefficient (Wildman–Crippen LogP) is 1.59. The van der Waals surface area contributed by atoms with Crippen LogP contribution in [0.2, 0.25) is 0 Å². The zero-order chi connectivity index (χ0) is 19.9. The Hall–Kier alpha value is -1.97. The van der Waals surface area contributed by atoms with E-state index >= 15 is 0 Å². The molecule has 1 N–H and O–H groups in total. The fraction of sp³-hybridized carbons (Fsp3) is 0.579. The molecule has 3 atom stereocenters. The van der Waals surface area contributed by atoms with Gasteiger partial charge >= 0.3 is 5.97 Å². The van der Waals surface area contributed by atoms with Crippen molar-refractivity contribution in [2.45, 2.75) is 36.9 Å². The first-order valence-electron chi connectivity index (χ1n) is 9.34. The van der Waals surface area contributed by atoms with Gasteiger partial charge in [0.1, 0.15) is 5.92 Å². The van der Waals surface area contributed by atoms with Crippen LogP contribution in [-0.2, 0) is 29.0 Å². The van der Waals surface area contributed by atoms with Gasteiger partial charge in [-0.05, 0) is 37.3 Å². The number of ether oxygens (including phenoxy) is 3. The molecule has 0 amide bonds. The molecule has 8 nitrogen and oxygen atoms in total. The Morgan fingerprint density at radius 2 is 1.89 bits per heavy atom. The highest BCUT2D eigenvalue weighted by Crippen LogP contribution is 2.53. The zero-order valence-corrected chi connectivity index (χ0v) is 16.7. The Morgan fingerprint density at radius 3 is 2.54 bits per heavy atom. The normalized spacial score (nSPS) is 29.9. The Bertz CT molecular complexity index is 890. The van der Waals surface area contributed by atoms with Crippen molar-refractivity contribution in [1.29, 1.82) is 0 Å². The summed E-state index contributed by atoms with van der Waals surface area (Å²) in [4.78, 5) is 14.9. The number of benzene rings is 1. The number of hydrogen-bond donors (Lipinski definition) is 1. The molecule has 0 unspecified atom stereocenters. The average molecular weight is 408 g/mol. The first-order valence-corrected chi connectivity index (χ1v) is 10.8. The van der Waals surface area contributed by atoms with Crippen LogP contribution in [0.15, 0.2) is 34.3 Å². The van der Waals surface area contributed by atoms with Crippen LogP contribution in [0.4, 0.5) is 0 Å². The van der Waals surface area contributed by atoms with Crippen molar-refractivity contribution in [2.24, 2.45) is 22.9 Å². The van der Waals surface area contributed by atoms with Crippen molar-refractivity contribution in [2.75, 3.05) is 20.3 Å². The monoisotopic (exact) mass is 408 g/mol. The summed E-state index contributed by atoms with van der Waals surface area (Å²) in [6.45, 7) is 2.99. The van der Waals surface area contributed by atoms with E-state index in [1.807, 2.05) is 6.92 Å². The number of fused-ring (bicyclic) bond motifs is 1. The molecule has 3 fully saturated rings. The molecular weight excluding hydrogens is 384 g/mol. The van der Waals surface area contributed by atoms with E-state index in [4.69, 9.17) is 14.2 Å². The Balaban J connectivity index is 1.55. The third-order valence-electron chi connectivity index (χ3n) is 5.89. The van der Waals surface area contributed by atoms with E-state index in [1.54, 1.807) is 12.1 Å². The topological polar surface area (TPSA) is 103 Å². The molecule has 9 heteroatoms. The van der Waals surface area contributed by atoms with Gasteiger partial charge in [0.25, 0.3) is 10.0 Å². The number of aryl methyl sites for hydroxylation is 1. The summed E-state index contributed by atoms with van der Waals surface area (Å²) in [5.41, 5.74) is 1.47. The number of hydrogen-bond acceptors (Lipinski definition) is 7. The van der Waals surface area contributed by atoms with Crippen molar-refractivity contribution in [3.63, 3.8) is 0 Å². The molecule has 4 rings (SSSR count). The van der Waals surface area contributed by atoms with Crippen LogP contribution < -0.4 is 4.83 Å². The van der Waals surface area contributed by atoms with Crippen molar-refractivity contribution in [3.8, 4) is 0 Å². The van der Waals surface area contributed by atoms with Crippen LogP contribution in [-0.4, -0.2) is 46.2 Å². The summed E-state index contributed by atoms with van der Waals surface area (Å²) in [6.07, 6.45) is 1.77. The highest BCUT2D eigenvalue weighted by Gasteiger charge is 2.58. The van der Waals surface area contributed by atoms with E-state index in [0.717, 1.165) is 5.56 Å². The molecule has 152 valence electrons. The van der Waals surface area contributed by atoms with Gasteiger partial charge in [-0.15, -0.1) is 0 Å². The molecule has 1 aromatic rings. The van der Waals surface area contributed by atoms with E-state index in [0.29, 0.717) is 38.2 Å². The second-order valence-corrected chi connectivity index (χ2v) is 9.32. The molecule has 0 radical (unpaired) electrons. The van der Waals surface area contributed by atoms with E-state index in [-0.39, 0.29) is 16.7 Å². The number of nitrogens with one attached hydrogen (secondary N) is 1. The highest BCUT2D eigenvalue weighted by molar-refractivity contribution is 7.89. The quantitative estimate of drug-likeness (QED) is 0.599. The summed E-state index contributed by atoms with van der Waals surface area (Å²) in [6, 6.07) is 6.50. The first kappa shape index (κ1) is 19.4.